The molecule has 1 atom stereocenters. The van der Waals surface area contributed by atoms with Gasteiger partial charge in [-0.05, 0) is 51.6 Å². The zero-order valence-corrected chi connectivity index (χ0v) is 13.1. The van der Waals surface area contributed by atoms with E-state index in [4.69, 9.17) is 0 Å². The number of carbonyl (C=O) groups is 2. The Hall–Kier alpha value is -1.10. The first-order chi connectivity index (χ1) is 10.1. The van der Waals surface area contributed by atoms with Gasteiger partial charge in [0.1, 0.15) is 6.04 Å². The Morgan fingerprint density at radius 3 is 2.43 bits per heavy atom. The summed E-state index contributed by atoms with van der Waals surface area (Å²) in [5.41, 5.74) is 0. The second-order valence-electron chi connectivity index (χ2n) is 6.53. The Morgan fingerprint density at radius 1 is 1.10 bits per heavy atom. The van der Waals surface area contributed by atoms with E-state index >= 15 is 0 Å². The Balaban J connectivity index is 1.67. The summed E-state index contributed by atoms with van der Waals surface area (Å²) in [5, 5.41) is 9.16. The highest BCUT2D eigenvalue weighted by atomic mass is 16.2. The fourth-order valence-electron chi connectivity index (χ4n) is 3.31. The van der Waals surface area contributed by atoms with Crippen molar-refractivity contribution in [3.8, 4) is 0 Å². The fourth-order valence-corrected chi connectivity index (χ4v) is 3.31. The van der Waals surface area contributed by atoms with E-state index in [1.807, 2.05) is 0 Å². The van der Waals surface area contributed by atoms with Crippen LogP contribution < -0.4 is 16.0 Å². The van der Waals surface area contributed by atoms with Gasteiger partial charge in [-0.15, -0.1) is 0 Å². The van der Waals surface area contributed by atoms with Gasteiger partial charge in [-0.25, -0.2) is 0 Å². The van der Waals surface area contributed by atoms with E-state index in [0.29, 0.717) is 12.3 Å². The molecule has 5 nitrogen and oxygen atoms in total. The van der Waals surface area contributed by atoms with Crippen LogP contribution in [0.2, 0.25) is 0 Å². The van der Waals surface area contributed by atoms with Crippen molar-refractivity contribution in [3.63, 3.8) is 0 Å². The summed E-state index contributed by atoms with van der Waals surface area (Å²) >= 11 is 0. The Morgan fingerprint density at radius 2 is 1.76 bits per heavy atom. The van der Waals surface area contributed by atoms with Crippen LogP contribution in [0.1, 0.15) is 58.3 Å². The number of hydrogen-bond acceptors (Lipinski definition) is 3. The molecular weight excluding hydrogens is 266 g/mol. The van der Waals surface area contributed by atoms with Crippen molar-refractivity contribution in [2.75, 3.05) is 13.1 Å². The minimum atomic E-state index is -0.434. The van der Waals surface area contributed by atoms with Crippen LogP contribution in [0.5, 0.6) is 0 Å². The van der Waals surface area contributed by atoms with Crippen molar-refractivity contribution in [2.24, 2.45) is 5.92 Å². The Kier molecular flexibility index (Phi) is 6.49. The van der Waals surface area contributed by atoms with Crippen LogP contribution in [0.3, 0.4) is 0 Å². The van der Waals surface area contributed by atoms with Gasteiger partial charge >= 0.3 is 0 Å². The summed E-state index contributed by atoms with van der Waals surface area (Å²) in [5.74, 6) is 0.479. The molecule has 1 aliphatic heterocycles. The standard InChI is InChI=1S/C16H29N3O2/c1-12(16(21)19-14-7-9-17-10-8-14)18-15(20)11-13-5-3-2-4-6-13/h12-14,17H,2-11H2,1H3,(H,18,20)(H,19,21). The van der Waals surface area contributed by atoms with E-state index in [-0.39, 0.29) is 17.9 Å². The van der Waals surface area contributed by atoms with E-state index in [1.54, 1.807) is 6.92 Å². The van der Waals surface area contributed by atoms with E-state index < -0.39 is 6.04 Å². The Bertz CT molecular complexity index is 347. The molecule has 2 fully saturated rings. The summed E-state index contributed by atoms with van der Waals surface area (Å²) in [6.07, 6.45) is 8.60. The van der Waals surface area contributed by atoms with E-state index in [1.165, 1.54) is 19.3 Å². The molecular formula is C16H29N3O2. The summed E-state index contributed by atoms with van der Waals surface area (Å²) in [6, 6.07) is -0.188. The molecule has 120 valence electrons. The number of hydrogen-bond donors (Lipinski definition) is 3. The lowest BCUT2D eigenvalue weighted by atomic mass is 9.87. The average Bonchev–Trinajstić information content (AvgIpc) is 2.49. The molecule has 1 saturated heterocycles. The van der Waals surface area contributed by atoms with Crippen LogP contribution >= 0.6 is 0 Å². The number of nitrogens with one attached hydrogen (secondary N) is 3. The molecule has 2 amide bonds. The lowest BCUT2D eigenvalue weighted by Crippen LogP contribution is -2.50. The summed E-state index contributed by atoms with van der Waals surface area (Å²) in [6.45, 7) is 3.68. The minimum absolute atomic E-state index is 0.0230. The molecule has 21 heavy (non-hydrogen) atoms. The van der Waals surface area contributed by atoms with Crippen LogP contribution in [0.15, 0.2) is 0 Å². The molecule has 0 aromatic heterocycles. The van der Waals surface area contributed by atoms with Gasteiger partial charge in [-0.1, -0.05) is 19.3 Å². The molecule has 3 N–H and O–H groups in total. The predicted octanol–water partition coefficient (Wildman–Crippen LogP) is 1.33. The van der Waals surface area contributed by atoms with Gasteiger partial charge in [0.25, 0.3) is 0 Å². The van der Waals surface area contributed by atoms with Crippen molar-refractivity contribution < 1.29 is 9.59 Å². The third kappa shape index (κ3) is 5.65. The van der Waals surface area contributed by atoms with Crippen LogP contribution in [0.25, 0.3) is 0 Å². The lowest BCUT2D eigenvalue weighted by Gasteiger charge is -2.26. The van der Waals surface area contributed by atoms with Crippen molar-refractivity contribution in [1.82, 2.24) is 16.0 Å². The number of rotatable bonds is 5. The highest BCUT2D eigenvalue weighted by Crippen LogP contribution is 2.26. The molecule has 0 radical (unpaired) electrons. The van der Waals surface area contributed by atoms with Gasteiger partial charge in [0.15, 0.2) is 0 Å². The second-order valence-corrected chi connectivity index (χ2v) is 6.53. The molecule has 0 aromatic carbocycles. The first-order valence-corrected chi connectivity index (χ1v) is 8.45. The highest BCUT2D eigenvalue weighted by molar-refractivity contribution is 5.87. The average molecular weight is 295 g/mol. The van der Waals surface area contributed by atoms with Crippen molar-refractivity contribution >= 4 is 11.8 Å². The zero-order chi connectivity index (χ0) is 15.1. The minimum Gasteiger partial charge on any atom is -0.351 e. The molecule has 5 heteroatoms. The third-order valence-corrected chi connectivity index (χ3v) is 4.66. The second kappa shape index (κ2) is 8.37. The number of amides is 2. The summed E-state index contributed by atoms with van der Waals surface area (Å²) in [4.78, 5) is 24.1. The van der Waals surface area contributed by atoms with Crippen molar-refractivity contribution in [2.45, 2.75) is 70.4 Å². The molecule has 2 aliphatic rings. The lowest BCUT2D eigenvalue weighted by molar-refractivity contribution is -0.129. The van der Waals surface area contributed by atoms with Crippen LogP contribution in [0.4, 0.5) is 0 Å². The molecule has 0 aromatic rings. The largest absolute Gasteiger partial charge is 0.351 e. The van der Waals surface area contributed by atoms with Crippen LogP contribution in [0, 0.1) is 5.92 Å². The summed E-state index contributed by atoms with van der Waals surface area (Å²) in [7, 11) is 0. The van der Waals surface area contributed by atoms with Gasteiger partial charge < -0.3 is 16.0 Å². The first-order valence-electron chi connectivity index (χ1n) is 8.45. The molecule has 1 heterocycles. The Labute approximate surface area is 127 Å². The smallest absolute Gasteiger partial charge is 0.242 e. The van der Waals surface area contributed by atoms with Crippen molar-refractivity contribution in [1.29, 1.82) is 0 Å². The molecule has 1 saturated carbocycles. The van der Waals surface area contributed by atoms with E-state index in [9.17, 15) is 9.59 Å². The number of carbonyl (C=O) groups excluding carboxylic acids is 2. The van der Waals surface area contributed by atoms with Gasteiger partial charge in [0.2, 0.25) is 11.8 Å². The van der Waals surface area contributed by atoms with Crippen LogP contribution in [-0.2, 0) is 9.59 Å². The third-order valence-electron chi connectivity index (χ3n) is 4.66. The fraction of sp³-hybridized carbons (Fsp3) is 0.875. The molecule has 2 rings (SSSR count). The van der Waals surface area contributed by atoms with Crippen LogP contribution in [-0.4, -0.2) is 37.0 Å². The van der Waals surface area contributed by atoms with Gasteiger partial charge in [0.05, 0.1) is 0 Å². The first kappa shape index (κ1) is 16.3. The zero-order valence-electron chi connectivity index (χ0n) is 13.1. The highest BCUT2D eigenvalue weighted by Gasteiger charge is 2.22. The SMILES string of the molecule is CC(NC(=O)CC1CCCCC1)C(=O)NC1CCNCC1. The molecule has 1 aliphatic carbocycles. The van der Waals surface area contributed by atoms with Gasteiger partial charge in [-0.3, -0.25) is 9.59 Å². The van der Waals surface area contributed by atoms with E-state index in [2.05, 4.69) is 16.0 Å². The predicted molar refractivity (Wildman–Crippen MR) is 82.8 cm³/mol. The number of piperidine rings is 1. The quantitative estimate of drug-likeness (QED) is 0.716. The van der Waals surface area contributed by atoms with Crippen molar-refractivity contribution in [3.05, 3.63) is 0 Å². The monoisotopic (exact) mass is 295 g/mol. The maximum Gasteiger partial charge on any atom is 0.242 e. The van der Waals surface area contributed by atoms with E-state index in [0.717, 1.165) is 38.8 Å². The molecule has 0 bridgehead atoms. The van der Waals surface area contributed by atoms with Gasteiger partial charge in [0, 0.05) is 12.5 Å². The van der Waals surface area contributed by atoms with Gasteiger partial charge in [-0.2, -0.15) is 0 Å². The topological polar surface area (TPSA) is 70.2 Å². The molecule has 1 unspecified atom stereocenters. The maximum absolute atomic E-state index is 12.1. The normalized spacial score (nSPS) is 22.5. The maximum atomic E-state index is 12.1. The summed E-state index contributed by atoms with van der Waals surface area (Å²) < 4.78 is 0. The molecule has 0 spiro atoms.